The number of fused-ring (bicyclic) bond motifs is 1. The van der Waals surface area contributed by atoms with Crippen molar-refractivity contribution in [2.24, 2.45) is 5.14 Å². The first kappa shape index (κ1) is 19.5. The topological polar surface area (TPSA) is 93.3 Å². The standard InChI is InChI=1S/C22H24N4O2S/c1-28-19-10-9-17-20(24-11-14-5-7-15(8-6-14)13-29-23)18(12-25-22(17)26-19)21(27)16-3-2-4-16/h5-10,12,27H,2-4,11,13,23H2,1H3,(H,24,25,26). The normalized spacial score (nSPS) is 13.2. The lowest BCUT2D eigenvalue weighted by Crippen LogP contribution is -2.07. The molecule has 1 fully saturated rings. The summed E-state index contributed by atoms with van der Waals surface area (Å²) in [4.78, 5) is 8.90. The Kier molecular flexibility index (Phi) is 5.87. The molecule has 1 aliphatic carbocycles. The molecule has 29 heavy (non-hydrogen) atoms. The summed E-state index contributed by atoms with van der Waals surface area (Å²) in [6, 6.07) is 12.1. The van der Waals surface area contributed by atoms with Gasteiger partial charge in [-0.25, -0.2) is 4.98 Å². The van der Waals surface area contributed by atoms with Gasteiger partial charge < -0.3 is 15.2 Å². The largest absolute Gasteiger partial charge is 0.507 e. The summed E-state index contributed by atoms with van der Waals surface area (Å²) in [7, 11) is 1.58. The Morgan fingerprint density at radius 3 is 2.59 bits per heavy atom. The van der Waals surface area contributed by atoms with Gasteiger partial charge in [-0.05, 0) is 42.0 Å². The van der Waals surface area contributed by atoms with E-state index in [4.69, 9.17) is 9.88 Å². The van der Waals surface area contributed by atoms with Crippen molar-refractivity contribution in [1.29, 1.82) is 0 Å². The third-order valence-electron chi connectivity index (χ3n) is 5.20. The predicted molar refractivity (Wildman–Crippen MR) is 119 cm³/mol. The second-order valence-corrected chi connectivity index (χ2v) is 7.68. The number of methoxy groups -OCH3 is 1. The zero-order valence-corrected chi connectivity index (χ0v) is 17.1. The van der Waals surface area contributed by atoms with E-state index in [2.05, 4.69) is 39.6 Å². The number of nitrogens with one attached hydrogen (secondary N) is 1. The maximum Gasteiger partial charge on any atom is 0.215 e. The lowest BCUT2D eigenvalue weighted by molar-refractivity contribution is 0.399. The van der Waals surface area contributed by atoms with Gasteiger partial charge in [0.2, 0.25) is 5.88 Å². The number of benzene rings is 1. The first-order valence-corrected chi connectivity index (χ1v) is 10.6. The van der Waals surface area contributed by atoms with Crippen molar-refractivity contribution in [2.45, 2.75) is 31.6 Å². The summed E-state index contributed by atoms with van der Waals surface area (Å²) in [6.45, 7) is 0.622. The third kappa shape index (κ3) is 4.16. The van der Waals surface area contributed by atoms with Crippen LogP contribution in [0.15, 0.2) is 48.2 Å². The number of aliphatic hydroxyl groups excluding tert-OH is 1. The fourth-order valence-corrected chi connectivity index (χ4v) is 3.75. The number of nitrogens with two attached hydrogens (primary N) is 1. The summed E-state index contributed by atoms with van der Waals surface area (Å²) in [6.07, 6.45) is 4.68. The van der Waals surface area contributed by atoms with Crippen molar-refractivity contribution in [3.63, 3.8) is 0 Å². The zero-order valence-electron chi connectivity index (χ0n) is 16.3. The van der Waals surface area contributed by atoms with Crippen LogP contribution in [0.4, 0.5) is 5.69 Å². The number of rotatable bonds is 7. The maximum atomic E-state index is 10.8. The summed E-state index contributed by atoms with van der Waals surface area (Å²) in [5.74, 6) is 1.64. The van der Waals surface area contributed by atoms with Crippen molar-refractivity contribution >= 4 is 34.4 Å². The van der Waals surface area contributed by atoms with Gasteiger partial charge in [-0.2, -0.15) is 4.98 Å². The first-order valence-electron chi connectivity index (χ1n) is 9.58. The number of pyridine rings is 2. The molecular weight excluding hydrogens is 384 g/mol. The summed E-state index contributed by atoms with van der Waals surface area (Å²) >= 11 is 1.32. The summed E-state index contributed by atoms with van der Waals surface area (Å²) < 4.78 is 5.22. The molecule has 1 saturated carbocycles. The van der Waals surface area contributed by atoms with Crippen LogP contribution in [0.2, 0.25) is 0 Å². The predicted octanol–water partition coefficient (Wildman–Crippen LogP) is 4.81. The van der Waals surface area contributed by atoms with Gasteiger partial charge in [-0.1, -0.05) is 36.2 Å². The van der Waals surface area contributed by atoms with E-state index >= 15 is 0 Å². The average Bonchev–Trinajstić information content (AvgIpc) is 2.71. The molecule has 2 heterocycles. The molecule has 7 heteroatoms. The second kappa shape index (κ2) is 8.71. The van der Waals surface area contributed by atoms with E-state index in [1.807, 2.05) is 12.1 Å². The molecule has 150 valence electrons. The Morgan fingerprint density at radius 1 is 1.17 bits per heavy atom. The van der Waals surface area contributed by atoms with Crippen LogP contribution in [0.1, 0.15) is 36.0 Å². The lowest BCUT2D eigenvalue weighted by Gasteiger charge is -2.21. The number of aliphatic hydroxyl groups is 1. The highest BCUT2D eigenvalue weighted by molar-refractivity contribution is 7.96. The van der Waals surface area contributed by atoms with Gasteiger partial charge in [0.05, 0.1) is 18.4 Å². The minimum absolute atomic E-state index is 0.333. The van der Waals surface area contributed by atoms with Gasteiger partial charge in [0.15, 0.2) is 5.65 Å². The molecule has 4 rings (SSSR count). The Balaban J connectivity index is 1.69. The highest BCUT2D eigenvalue weighted by Crippen LogP contribution is 2.37. The van der Waals surface area contributed by atoms with Gasteiger partial charge in [0.25, 0.3) is 0 Å². The number of anilines is 1. The Labute approximate surface area is 174 Å². The SMILES string of the molecule is COc1ccc2c(NCc3ccc(CSN)cc3)c(C(O)=C3CCC3)cnc2n1. The van der Waals surface area contributed by atoms with E-state index in [-0.39, 0.29) is 0 Å². The monoisotopic (exact) mass is 408 g/mol. The highest BCUT2D eigenvalue weighted by atomic mass is 32.2. The molecular formula is C22H24N4O2S. The number of allylic oxidation sites excluding steroid dienone is 1. The molecule has 0 radical (unpaired) electrons. The number of hydrogen-bond donors (Lipinski definition) is 3. The van der Waals surface area contributed by atoms with Gasteiger partial charge in [-0.3, -0.25) is 5.14 Å². The summed E-state index contributed by atoms with van der Waals surface area (Å²) in [5, 5.41) is 20.7. The van der Waals surface area contributed by atoms with E-state index in [9.17, 15) is 5.11 Å². The number of ether oxygens (including phenoxy) is 1. The lowest BCUT2D eigenvalue weighted by atomic mass is 9.89. The van der Waals surface area contributed by atoms with Gasteiger partial charge in [0.1, 0.15) is 5.76 Å². The number of hydrogen-bond acceptors (Lipinski definition) is 7. The Morgan fingerprint density at radius 2 is 1.93 bits per heavy atom. The van der Waals surface area contributed by atoms with E-state index in [0.717, 1.165) is 52.8 Å². The third-order valence-corrected chi connectivity index (χ3v) is 5.70. The molecule has 0 saturated heterocycles. The van der Waals surface area contributed by atoms with Crippen LogP contribution in [-0.2, 0) is 12.3 Å². The van der Waals surface area contributed by atoms with E-state index in [1.54, 1.807) is 13.3 Å². The van der Waals surface area contributed by atoms with Crippen molar-refractivity contribution in [3.05, 3.63) is 64.9 Å². The Bertz CT molecular complexity index is 1040. The highest BCUT2D eigenvalue weighted by Gasteiger charge is 2.20. The van der Waals surface area contributed by atoms with Crippen LogP contribution >= 0.6 is 11.9 Å². The van der Waals surface area contributed by atoms with Crippen LogP contribution < -0.4 is 15.2 Å². The quantitative estimate of drug-likeness (QED) is 0.381. The molecule has 1 aliphatic rings. The van der Waals surface area contributed by atoms with Crippen LogP contribution in [0, 0.1) is 0 Å². The van der Waals surface area contributed by atoms with Crippen molar-refractivity contribution in [1.82, 2.24) is 9.97 Å². The van der Waals surface area contributed by atoms with Crippen molar-refractivity contribution in [2.75, 3.05) is 12.4 Å². The molecule has 0 amide bonds. The molecule has 0 bridgehead atoms. The van der Waals surface area contributed by atoms with Gasteiger partial charge in [-0.15, -0.1) is 0 Å². The van der Waals surface area contributed by atoms with Gasteiger partial charge in [0, 0.05) is 29.9 Å². The fraction of sp³-hybridized carbons (Fsp3) is 0.273. The summed E-state index contributed by atoms with van der Waals surface area (Å²) in [5.41, 5.74) is 5.56. The van der Waals surface area contributed by atoms with Crippen molar-refractivity contribution in [3.8, 4) is 5.88 Å². The minimum atomic E-state index is 0.333. The van der Waals surface area contributed by atoms with Crippen LogP contribution in [-0.4, -0.2) is 22.2 Å². The average molecular weight is 409 g/mol. The molecule has 0 aliphatic heterocycles. The zero-order chi connectivity index (χ0) is 20.2. The molecule has 0 atom stereocenters. The molecule has 3 aromatic rings. The minimum Gasteiger partial charge on any atom is -0.507 e. The Hall–Kier alpha value is -2.77. The second-order valence-electron chi connectivity index (χ2n) is 7.06. The van der Waals surface area contributed by atoms with Crippen LogP contribution in [0.5, 0.6) is 5.88 Å². The molecule has 4 N–H and O–H groups in total. The fourth-order valence-electron chi connectivity index (χ4n) is 3.36. The molecule has 2 aromatic heterocycles. The van der Waals surface area contributed by atoms with Crippen LogP contribution in [0.3, 0.4) is 0 Å². The van der Waals surface area contributed by atoms with Crippen LogP contribution in [0.25, 0.3) is 16.8 Å². The molecule has 6 nitrogen and oxygen atoms in total. The molecule has 0 spiro atoms. The molecule has 1 aromatic carbocycles. The van der Waals surface area contributed by atoms with Crippen molar-refractivity contribution < 1.29 is 9.84 Å². The van der Waals surface area contributed by atoms with E-state index < -0.39 is 0 Å². The maximum absolute atomic E-state index is 10.8. The van der Waals surface area contributed by atoms with E-state index in [0.29, 0.717) is 23.8 Å². The smallest absolute Gasteiger partial charge is 0.215 e. The molecule has 0 unspecified atom stereocenters. The first-order chi connectivity index (χ1) is 14.2. The number of aromatic nitrogens is 2. The van der Waals surface area contributed by atoms with E-state index in [1.165, 1.54) is 17.5 Å². The number of nitrogens with zero attached hydrogens (tertiary/aromatic N) is 2. The van der Waals surface area contributed by atoms with Gasteiger partial charge >= 0.3 is 0 Å².